The van der Waals surface area contributed by atoms with Crippen LogP contribution in [0.3, 0.4) is 0 Å². The Kier molecular flexibility index (Phi) is 4.61. The van der Waals surface area contributed by atoms with Gasteiger partial charge in [0.15, 0.2) is 0 Å². The van der Waals surface area contributed by atoms with Crippen LogP contribution in [0, 0.1) is 18.3 Å². The van der Waals surface area contributed by atoms with Gasteiger partial charge in [-0.1, -0.05) is 5.92 Å². The number of likely N-dealkylation sites (tertiary alicyclic amines) is 1. The highest BCUT2D eigenvalue weighted by atomic mass is 16.5. The van der Waals surface area contributed by atoms with Gasteiger partial charge in [-0.25, -0.2) is 0 Å². The average Bonchev–Trinajstić information content (AvgIpc) is 2.88. The number of hydrogen-bond donors (Lipinski definition) is 1. The quantitative estimate of drug-likeness (QED) is 0.571. The fraction of sp³-hybridized carbons (Fsp3) is 0.400. The molecule has 1 unspecified atom stereocenters. The van der Waals surface area contributed by atoms with Crippen LogP contribution < -0.4 is 10.1 Å². The summed E-state index contributed by atoms with van der Waals surface area (Å²) in [6.07, 6.45) is 5.51. The van der Waals surface area contributed by atoms with Crippen molar-refractivity contribution in [3.63, 3.8) is 0 Å². The molecule has 0 aromatic heterocycles. The molecule has 0 aliphatic carbocycles. The molecule has 3 heterocycles. The average molecular weight is 381 g/mol. The van der Waals surface area contributed by atoms with E-state index in [1.165, 1.54) is 0 Å². The summed E-state index contributed by atoms with van der Waals surface area (Å²) in [7, 11) is 0. The van der Waals surface area contributed by atoms with Gasteiger partial charge < -0.3 is 4.74 Å². The third kappa shape index (κ3) is 3.14. The molecule has 0 radical (unpaired) electrons. The summed E-state index contributed by atoms with van der Waals surface area (Å²) in [5.41, 5.74) is 0.459. The maximum absolute atomic E-state index is 12.8. The van der Waals surface area contributed by atoms with E-state index in [1.807, 2.05) is 0 Å². The van der Waals surface area contributed by atoms with Crippen molar-refractivity contribution < 1.29 is 23.9 Å². The van der Waals surface area contributed by atoms with E-state index in [4.69, 9.17) is 11.2 Å². The summed E-state index contributed by atoms with van der Waals surface area (Å²) in [6, 6.07) is 3.77. The number of carbonyl (C=O) groups excluding carboxylic acids is 4. The number of piperidine rings is 1. The SMILES string of the molecule is C#CCN1CC(COc2ccc3c(c2)C(=O)N(C2CCC(=O)NC2=O)C3=O)C1. The molecule has 0 bridgehead atoms. The molecule has 1 aromatic rings. The van der Waals surface area contributed by atoms with E-state index in [2.05, 4.69) is 16.1 Å². The lowest BCUT2D eigenvalue weighted by atomic mass is 10.0. The number of benzene rings is 1. The Morgan fingerprint density at radius 1 is 1.14 bits per heavy atom. The van der Waals surface area contributed by atoms with Gasteiger partial charge in [0.05, 0.1) is 24.3 Å². The fourth-order valence-corrected chi connectivity index (χ4v) is 3.79. The summed E-state index contributed by atoms with van der Waals surface area (Å²) in [5.74, 6) is 1.40. The first-order chi connectivity index (χ1) is 13.5. The second-order valence-electron chi connectivity index (χ2n) is 7.23. The van der Waals surface area contributed by atoms with Gasteiger partial charge in [-0.15, -0.1) is 6.42 Å². The molecule has 3 aliphatic rings. The number of terminal acetylenes is 1. The molecule has 0 spiro atoms. The molecule has 28 heavy (non-hydrogen) atoms. The maximum Gasteiger partial charge on any atom is 0.262 e. The second-order valence-corrected chi connectivity index (χ2v) is 7.23. The zero-order valence-corrected chi connectivity index (χ0v) is 15.1. The Labute approximate surface area is 161 Å². The van der Waals surface area contributed by atoms with Crippen LogP contribution in [0.2, 0.25) is 0 Å². The minimum absolute atomic E-state index is 0.0935. The van der Waals surface area contributed by atoms with Gasteiger partial charge in [-0.05, 0) is 24.6 Å². The number of ether oxygens (including phenoxy) is 1. The molecular weight excluding hydrogens is 362 g/mol. The Morgan fingerprint density at radius 2 is 1.89 bits per heavy atom. The van der Waals surface area contributed by atoms with E-state index >= 15 is 0 Å². The van der Waals surface area contributed by atoms with Gasteiger partial charge in [0.2, 0.25) is 11.8 Å². The van der Waals surface area contributed by atoms with Crippen LogP contribution >= 0.6 is 0 Å². The van der Waals surface area contributed by atoms with Gasteiger partial charge in [0.25, 0.3) is 11.8 Å². The molecular formula is C20H19N3O5. The number of amides is 4. The normalized spacial score (nSPS) is 22.5. The minimum Gasteiger partial charge on any atom is -0.493 e. The number of carbonyl (C=O) groups is 4. The molecule has 3 aliphatic heterocycles. The van der Waals surface area contributed by atoms with Crippen LogP contribution in [-0.2, 0) is 9.59 Å². The van der Waals surface area contributed by atoms with Crippen molar-refractivity contribution in [2.75, 3.05) is 26.2 Å². The summed E-state index contributed by atoms with van der Waals surface area (Å²) >= 11 is 0. The third-order valence-electron chi connectivity index (χ3n) is 5.24. The number of imide groups is 2. The number of nitrogens with zero attached hydrogens (tertiary/aromatic N) is 2. The van der Waals surface area contributed by atoms with Crippen molar-refractivity contribution >= 4 is 23.6 Å². The monoisotopic (exact) mass is 381 g/mol. The first-order valence-electron chi connectivity index (χ1n) is 9.12. The standard InChI is InChI=1S/C20H19N3O5/c1-2-7-22-9-12(10-22)11-28-13-3-4-14-15(8-13)20(27)23(19(14)26)16-5-6-17(24)21-18(16)25/h1,3-4,8,12,16H,5-7,9-11H2,(H,21,24,25). The highest BCUT2D eigenvalue weighted by molar-refractivity contribution is 6.23. The number of rotatable bonds is 5. The first-order valence-corrected chi connectivity index (χ1v) is 9.12. The van der Waals surface area contributed by atoms with Crippen molar-refractivity contribution in [3.05, 3.63) is 29.3 Å². The van der Waals surface area contributed by atoms with Crippen molar-refractivity contribution in [2.45, 2.75) is 18.9 Å². The van der Waals surface area contributed by atoms with Gasteiger partial charge in [-0.3, -0.25) is 34.3 Å². The van der Waals surface area contributed by atoms with Crippen molar-refractivity contribution in [3.8, 4) is 18.1 Å². The molecule has 0 saturated carbocycles. The van der Waals surface area contributed by atoms with Crippen LogP contribution in [0.1, 0.15) is 33.6 Å². The maximum atomic E-state index is 12.8. The predicted molar refractivity (Wildman–Crippen MR) is 97.4 cm³/mol. The van der Waals surface area contributed by atoms with Crippen molar-refractivity contribution in [2.24, 2.45) is 5.92 Å². The Balaban J connectivity index is 1.43. The molecule has 4 rings (SSSR count). The highest BCUT2D eigenvalue weighted by Gasteiger charge is 2.44. The largest absolute Gasteiger partial charge is 0.493 e. The smallest absolute Gasteiger partial charge is 0.262 e. The molecule has 8 heteroatoms. The topological polar surface area (TPSA) is 96.0 Å². The van der Waals surface area contributed by atoms with Gasteiger partial charge in [0, 0.05) is 25.4 Å². The van der Waals surface area contributed by atoms with Crippen LogP contribution in [0.15, 0.2) is 18.2 Å². The van der Waals surface area contributed by atoms with Crippen molar-refractivity contribution in [1.29, 1.82) is 0 Å². The van der Waals surface area contributed by atoms with Crippen LogP contribution in [0.4, 0.5) is 0 Å². The highest BCUT2D eigenvalue weighted by Crippen LogP contribution is 2.30. The van der Waals surface area contributed by atoms with E-state index < -0.39 is 29.7 Å². The molecule has 144 valence electrons. The lowest BCUT2D eigenvalue weighted by Gasteiger charge is -2.37. The molecule has 1 atom stereocenters. The zero-order chi connectivity index (χ0) is 19.8. The van der Waals surface area contributed by atoms with Gasteiger partial charge in [0.1, 0.15) is 11.8 Å². The Morgan fingerprint density at radius 3 is 2.61 bits per heavy atom. The van der Waals surface area contributed by atoms with E-state index in [0.717, 1.165) is 18.0 Å². The summed E-state index contributed by atoms with van der Waals surface area (Å²) in [6.45, 7) is 2.87. The van der Waals surface area contributed by atoms with E-state index in [0.29, 0.717) is 24.8 Å². The molecule has 1 N–H and O–H groups in total. The summed E-state index contributed by atoms with van der Waals surface area (Å²) < 4.78 is 5.78. The molecule has 4 amide bonds. The number of hydrogen-bond acceptors (Lipinski definition) is 6. The van der Waals surface area contributed by atoms with Crippen LogP contribution in [0.5, 0.6) is 5.75 Å². The summed E-state index contributed by atoms with van der Waals surface area (Å²) in [4.78, 5) is 51.9. The third-order valence-corrected chi connectivity index (χ3v) is 5.24. The summed E-state index contributed by atoms with van der Waals surface area (Å²) in [5, 5.41) is 2.18. The van der Waals surface area contributed by atoms with Gasteiger partial charge in [-0.2, -0.15) is 0 Å². The van der Waals surface area contributed by atoms with Crippen LogP contribution in [0.25, 0.3) is 0 Å². The zero-order valence-electron chi connectivity index (χ0n) is 15.1. The second kappa shape index (κ2) is 7.09. The number of nitrogens with one attached hydrogen (secondary N) is 1. The molecule has 2 fully saturated rings. The molecule has 1 aromatic carbocycles. The Hall–Kier alpha value is -3.18. The lowest BCUT2D eigenvalue weighted by molar-refractivity contribution is -0.136. The molecule has 2 saturated heterocycles. The van der Waals surface area contributed by atoms with Gasteiger partial charge >= 0.3 is 0 Å². The first kappa shape index (κ1) is 18.2. The number of fused-ring (bicyclic) bond motifs is 1. The van der Waals surface area contributed by atoms with E-state index in [9.17, 15) is 19.2 Å². The lowest BCUT2D eigenvalue weighted by Crippen LogP contribution is -2.54. The fourth-order valence-electron chi connectivity index (χ4n) is 3.79. The van der Waals surface area contributed by atoms with E-state index in [-0.39, 0.29) is 24.0 Å². The molecule has 8 nitrogen and oxygen atoms in total. The van der Waals surface area contributed by atoms with Crippen LogP contribution in [-0.4, -0.2) is 65.7 Å². The minimum atomic E-state index is -0.966. The van der Waals surface area contributed by atoms with E-state index in [1.54, 1.807) is 18.2 Å². The Bertz CT molecular complexity index is 913. The predicted octanol–water partition coefficient (Wildman–Crippen LogP) is 0.0316. The van der Waals surface area contributed by atoms with Crippen molar-refractivity contribution in [1.82, 2.24) is 15.1 Å².